The fourth-order valence-electron chi connectivity index (χ4n) is 1.89. The SMILES string of the molecule is CC1=CC2OC(CC1)C(C)(C)O2. The van der Waals surface area contributed by atoms with Crippen LogP contribution in [0.2, 0.25) is 0 Å². The molecule has 2 aliphatic rings. The molecule has 0 radical (unpaired) electrons. The molecule has 2 heteroatoms. The van der Waals surface area contributed by atoms with E-state index in [0.29, 0.717) is 0 Å². The van der Waals surface area contributed by atoms with Crippen LogP contribution < -0.4 is 0 Å². The maximum atomic E-state index is 5.72. The molecule has 0 aromatic rings. The van der Waals surface area contributed by atoms with Gasteiger partial charge in [0.15, 0.2) is 6.29 Å². The Morgan fingerprint density at radius 3 is 3.00 bits per heavy atom. The summed E-state index contributed by atoms with van der Waals surface area (Å²) in [5, 5.41) is 0. The molecule has 2 rings (SSSR count). The fraction of sp³-hybridized carbons (Fsp3) is 0.800. The second-order valence-electron chi connectivity index (χ2n) is 4.27. The van der Waals surface area contributed by atoms with Crippen LogP contribution >= 0.6 is 0 Å². The van der Waals surface area contributed by atoms with Gasteiger partial charge in [0.2, 0.25) is 0 Å². The molecule has 2 bridgehead atoms. The number of fused-ring (bicyclic) bond motifs is 2. The highest BCUT2D eigenvalue weighted by molar-refractivity contribution is 5.07. The van der Waals surface area contributed by atoms with E-state index in [4.69, 9.17) is 9.47 Å². The van der Waals surface area contributed by atoms with Gasteiger partial charge in [0.1, 0.15) is 0 Å². The molecule has 12 heavy (non-hydrogen) atoms. The number of rotatable bonds is 0. The zero-order valence-corrected chi connectivity index (χ0v) is 7.96. The van der Waals surface area contributed by atoms with Crippen LogP contribution in [0.25, 0.3) is 0 Å². The van der Waals surface area contributed by atoms with E-state index in [0.717, 1.165) is 12.8 Å². The molecule has 1 fully saturated rings. The van der Waals surface area contributed by atoms with Gasteiger partial charge in [-0.1, -0.05) is 5.57 Å². The summed E-state index contributed by atoms with van der Waals surface area (Å²) in [7, 11) is 0. The van der Waals surface area contributed by atoms with E-state index in [1.165, 1.54) is 5.57 Å². The van der Waals surface area contributed by atoms with Gasteiger partial charge in [0.05, 0.1) is 11.7 Å². The average Bonchev–Trinajstić information content (AvgIpc) is 2.14. The van der Waals surface area contributed by atoms with Crippen molar-refractivity contribution in [1.29, 1.82) is 0 Å². The van der Waals surface area contributed by atoms with Crippen LogP contribution in [0.3, 0.4) is 0 Å². The molecule has 2 nitrogen and oxygen atoms in total. The zero-order valence-electron chi connectivity index (χ0n) is 7.96. The van der Waals surface area contributed by atoms with E-state index in [-0.39, 0.29) is 18.0 Å². The second kappa shape index (κ2) is 2.57. The third kappa shape index (κ3) is 1.29. The van der Waals surface area contributed by atoms with Crippen LogP contribution in [-0.2, 0) is 9.47 Å². The first kappa shape index (κ1) is 8.27. The van der Waals surface area contributed by atoms with Crippen molar-refractivity contribution >= 4 is 0 Å². The highest BCUT2D eigenvalue weighted by Crippen LogP contribution is 2.36. The third-order valence-corrected chi connectivity index (χ3v) is 2.72. The maximum absolute atomic E-state index is 5.72. The monoisotopic (exact) mass is 168 g/mol. The molecule has 0 N–H and O–H groups in total. The lowest BCUT2D eigenvalue weighted by Gasteiger charge is -2.24. The summed E-state index contributed by atoms with van der Waals surface area (Å²) in [6.45, 7) is 6.35. The van der Waals surface area contributed by atoms with Gasteiger partial charge in [-0.2, -0.15) is 0 Å². The van der Waals surface area contributed by atoms with Gasteiger partial charge in [-0.3, -0.25) is 0 Å². The first-order chi connectivity index (χ1) is 5.58. The van der Waals surface area contributed by atoms with Crippen molar-refractivity contribution < 1.29 is 9.47 Å². The number of allylic oxidation sites excluding steroid dienone is 1. The third-order valence-electron chi connectivity index (χ3n) is 2.72. The molecule has 0 aliphatic carbocycles. The summed E-state index contributed by atoms with van der Waals surface area (Å²) in [4.78, 5) is 0. The van der Waals surface area contributed by atoms with Gasteiger partial charge in [-0.25, -0.2) is 0 Å². The van der Waals surface area contributed by atoms with E-state index in [1.54, 1.807) is 0 Å². The Kier molecular flexibility index (Phi) is 1.77. The summed E-state index contributed by atoms with van der Waals surface area (Å²) < 4.78 is 11.4. The first-order valence-corrected chi connectivity index (χ1v) is 4.58. The molecule has 68 valence electrons. The normalized spacial score (nSPS) is 39.1. The molecule has 0 aromatic carbocycles. The van der Waals surface area contributed by atoms with Crippen molar-refractivity contribution in [2.24, 2.45) is 0 Å². The van der Waals surface area contributed by atoms with E-state index in [2.05, 4.69) is 26.8 Å². The van der Waals surface area contributed by atoms with Crippen LogP contribution in [0.1, 0.15) is 33.6 Å². The summed E-state index contributed by atoms with van der Waals surface area (Å²) in [6, 6.07) is 0. The largest absolute Gasteiger partial charge is 0.343 e. The first-order valence-electron chi connectivity index (χ1n) is 4.58. The van der Waals surface area contributed by atoms with Crippen molar-refractivity contribution in [1.82, 2.24) is 0 Å². The van der Waals surface area contributed by atoms with Crippen molar-refractivity contribution in [3.63, 3.8) is 0 Å². The summed E-state index contributed by atoms with van der Waals surface area (Å²) in [5.41, 5.74) is 1.29. The molecule has 2 aliphatic heterocycles. The molecule has 0 spiro atoms. The summed E-state index contributed by atoms with van der Waals surface area (Å²) in [6.07, 6.45) is 4.51. The number of hydrogen-bond donors (Lipinski definition) is 0. The van der Waals surface area contributed by atoms with Crippen LogP contribution in [0.15, 0.2) is 11.6 Å². The minimum absolute atomic E-state index is 0.0903. The molecular formula is C10H16O2. The predicted octanol–water partition coefficient (Wildman–Crippen LogP) is 2.25. The molecule has 1 saturated heterocycles. The van der Waals surface area contributed by atoms with Crippen LogP contribution in [0.5, 0.6) is 0 Å². The molecular weight excluding hydrogens is 152 g/mol. The summed E-state index contributed by atoms with van der Waals surface area (Å²) in [5.74, 6) is 0. The molecule has 0 aromatic heterocycles. The molecule has 0 saturated carbocycles. The van der Waals surface area contributed by atoms with E-state index >= 15 is 0 Å². The Morgan fingerprint density at radius 2 is 2.25 bits per heavy atom. The standard InChI is InChI=1S/C10H16O2/c1-7-4-5-8-10(2,3)12-9(6-7)11-8/h6,8-9H,4-5H2,1-3H3. The predicted molar refractivity (Wildman–Crippen MR) is 46.8 cm³/mol. The van der Waals surface area contributed by atoms with Crippen molar-refractivity contribution in [2.45, 2.75) is 51.6 Å². The quantitative estimate of drug-likeness (QED) is 0.516. The average molecular weight is 168 g/mol. The Hall–Kier alpha value is -0.340. The van der Waals surface area contributed by atoms with Crippen molar-refractivity contribution in [3.8, 4) is 0 Å². The highest BCUT2D eigenvalue weighted by Gasteiger charge is 2.42. The molecule has 0 amide bonds. The van der Waals surface area contributed by atoms with E-state index in [9.17, 15) is 0 Å². The van der Waals surface area contributed by atoms with Crippen LogP contribution in [-0.4, -0.2) is 18.0 Å². The van der Waals surface area contributed by atoms with Gasteiger partial charge in [0, 0.05) is 0 Å². The maximum Gasteiger partial charge on any atom is 0.178 e. The van der Waals surface area contributed by atoms with Gasteiger partial charge < -0.3 is 9.47 Å². The molecule has 2 unspecified atom stereocenters. The number of hydrogen-bond acceptors (Lipinski definition) is 2. The Labute approximate surface area is 73.5 Å². The highest BCUT2D eigenvalue weighted by atomic mass is 16.7. The second-order valence-corrected chi connectivity index (χ2v) is 4.27. The van der Waals surface area contributed by atoms with Crippen LogP contribution in [0, 0.1) is 0 Å². The minimum Gasteiger partial charge on any atom is -0.343 e. The lowest BCUT2D eigenvalue weighted by atomic mass is 9.96. The zero-order chi connectivity index (χ0) is 8.77. The van der Waals surface area contributed by atoms with Crippen LogP contribution in [0.4, 0.5) is 0 Å². The van der Waals surface area contributed by atoms with Gasteiger partial charge in [-0.05, 0) is 39.7 Å². The Morgan fingerprint density at radius 1 is 1.50 bits per heavy atom. The lowest BCUT2D eigenvalue weighted by Crippen LogP contribution is -2.33. The fourth-order valence-corrected chi connectivity index (χ4v) is 1.89. The van der Waals surface area contributed by atoms with E-state index in [1.807, 2.05) is 0 Å². The lowest BCUT2D eigenvalue weighted by molar-refractivity contribution is -0.0455. The topological polar surface area (TPSA) is 18.5 Å². The minimum atomic E-state index is -0.0954. The molecule has 2 atom stereocenters. The smallest absolute Gasteiger partial charge is 0.178 e. The summed E-state index contributed by atoms with van der Waals surface area (Å²) >= 11 is 0. The van der Waals surface area contributed by atoms with Crippen molar-refractivity contribution in [3.05, 3.63) is 11.6 Å². The van der Waals surface area contributed by atoms with E-state index < -0.39 is 0 Å². The van der Waals surface area contributed by atoms with Crippen molar-refractivity contribution in [2.75, 3.05) is 0 Å². The van der Waals surface area contributed by atoms with Gasteiger partial charge in [0.25, 0.3) is 0 Å². The van der Waals surface area contributed by atoms with Gasteiger partial charge in [-0.15, -0.1) is 0 Å². The number of ether oxygens (including phenoxy) is 2. The molecule has 2 heterocycles. The Balaban J connectivity index is 2.21. The Bertz CT molecular complexity index is 218. The van der Waals surface area contributed by atoms with Gasteiger partial charge >= 0.3 is 0 Å².